The Morgan fingerprint density at radius 2 is 1.68 bits per heavy atom. The van der Waals surface area contributed by atoms with Gasteiger partial charge in [-0.2, -0.15) is 0 Å². The van der Waals surface area contributed by atoms with Gasteiger partial charge in [0.05, 0.1) is 4.95 Å². The van der Waals surface area contributed by atoms with E-state index in [1.54, 1.807) is 17.0 Å². The molecule has 2 atom stereocenters. The van der Waals surface area contributed by atoms with E-state index in [0.29, 0.717) is 13.1 Å². The summed E-state index contributed by atoms with van der Waals surface area (Å²) in [5, 5.41) is 0. The fraction of sp³-hybridized carbons (Fsp3) is 0.708. The summed E-state index contributed by atoms with van der Waals surface area (Å²) in [6.07, 6.45) is -3.17. The summed E-state index contributed by atoms with van der Waals surface area (Å²) in [7, 11) is 0. The molecule has 2 saturated heterocycles. The third kappa shape index (κ3) is 7.01. The molecular weight excluding hydrogens is 515 g/mol. The van der Waals surface area contributed by atoms with E-state index in [-0.39, 0.29) is 28.4 Å². The van der Waals surface area contributed by atoms with Crippen LogP contribution in [0.4, 0.5) is 18.0 Å². The maximum Gasteiger partial charge on any atom is 0.573 e. The molecule has 0 spiro atoms. The van der Waals surface area contributed by atoms with Gasteiger partial charge in [0.25, 0.3) is 0 Å². The van der Waals surface area contributed by atoms with Crippen LogP contribution < -0.4 is 4.74 Å². The average Bonchev–Trinajstić information content (AvgIpc) is 2.72. The number of halogens is 4. The number of ether oxygens (including phenoxy) is 2. The molecule has 10 heteroatoms. The van der Waals surface area contributed by atoms with E-state index in [4.69, 9.17) is 4.74 Å². The van der Waals surface area contributed by atoms with E-state index in [1.165, 1.54) is 12.1 Å². The summed E-state index contributed by atoms with van der Waals surface area (Å²) < 4.78 is 46.8. The Balaban J connectivity index is 1.55. The third-order valence-corrected chi connectivity index (χ3v) is 7.67. The Labute approximate surface area is 208 Å². The number of piperidine rings is 1. The summed E-state index contributed by atoms with van der Waals surface area (Å²) in [4.78, 5) is 18.9. The highest BCUT2D eigenvalue weighted by Crippen LogP contribution is 2.36. The molecule has 1 amide bonds. The van der Waals surface area contributed by atoms with Crippen LogP contribution in [0.2, 0.25) is 0 Å². The minimum absolute atomic E-state index is 0.0112. The highest BCUT2D eigenvalue weighted by molar-refractivity contribution is 9.09. The van der Waals surface area contributed by atoms with Gasteiger partial charge in [-0.3, -0.25) is 9.80 Å². The minimum atomic E-state index is -4.70. The SMILES string of the molecule is C[C@H]1CN(C2(C)CCN(C(=O)OC(C)(C)C)CC2)CCN1C(Br)c1ccc(OC(F)(F)F)cc1. The second-order valence-corrected chi connectivity index (χ2v) is 11.3. The zero-order chi connectivity index (χ0) is 25.3. The van der Waals surface area contributed by atoms with Gasteiger partial charge in [0.1, 0.15) is 11.4 Å². The number of piperazine rings is 1. The van der Waals surface area contributed by atoms with Crippen LogP contribution in [-0.4, -0.2) is 77.1 Å². The number of amides is 1. The van der Waals surface area contributed by atoms with Crippen molar-refractivity contribution in [2.75, 3.05) is 32.7 Å². The highest BCUT2D eigenvalue weighted by Gasteiger charge is 2.41. The Bertz CT molecular complexity index is 837. The molecule has 0 aromatic heterocycles. The van der Waals surface area contributed by atoms with Crippen LogP contribution >= 0.6 is 15.9 Å². The fourth-order valence-electron chi connectivity index (χ4n) is 4.63. The monoisotopic (exact) mass is 549 g/mol. The Morgan fingerprint density at radius 3 is 2.18 bits per heavy atom. The first-order valence-electron chi connectivity index (χ1n) is 11.7. The smallest absolute Gasteiger partial charge is 0.444 e. The molecular formula is C24H35BrF3N3O3. The standard InChI is InChI=1S/C24H35BrF3N3O3/c1-17-16-30(23(5)10-12-29(13-11-23)21(32)34-22(2,3)4)14-15-31(17)20(25)18-6-8-19(9-7-18)33-24(26,27)28/h6-9,17,20H,10-16H2,1-5H3/t17-,20?/m0/s1. The molecule has 3 rings (SSSR count). The molecule has 1 aromatic carbocycles. The van der Waals surface area contributed by atoms with E-state index in [0.717, 1.165) is 38.0 Å². The van der Waals surface area contributed by atoms with Crippen molar-refractivity contribution in [3.8, 4) is 5.75 Å². The first-order valence-corrected chi connectivity index (χ1v) is 12.6. The van der Waals surface area contributed by atoms with Crippen molar-refractivity contribution in [1.82, 2.24) is 14.7 Å². The molecule has 0 bridgehead atoms. The quantitative estimate of drug-likeness (QED) is 0.352. The average molecular weight is 550 g/mol. The Kier molecular flexibility index (Phi) is 8.14. The summed E-state index contributed by atoms with van der Waals surface area (Å²) in [5.41, 5.74) is 0.394. The van der Waals surface area contributed by atoms with Crippen molar-refractivity contribution >= 4 is 22.0 Å². The van der Waals surface area contributed by atoms with Gasteiger partial charge in [0.15, 0.2) is 0 Å². The molecule has 0 N–H and O–H groups in total. The normalized spacial score (nSPS) is 23.4. The van der Waals surface area contributed by atoms with Crippen molar-refractivity contribution in [2.45, 2.75) is 76.0 Å². The van der Waals surface area contributed by atoms with Gasteiger partial charge in [-0.1, -0.05) is 28.1 Å². The molecule has 2 aliphatic heterocycles. The van der Waals surface area contributed by atoms with Crippen molar-refractivity contribution < 1.29 is 27.4 Å². The largest absolute Gasteiger partial charge is 0.573 e. The predicted molar refractivity (Wildman–Crippen MR) is 128 cm³/mol. The number of benzene rings is 1. The van der Waals surface area contributed by atoms with Crippen molar-refractivity contribution in [3.63, 3.8) is 0 Å². The Morgan fingerprint density at radius 1 is 1.09 bits per heavy atom. The number of likely N-dealkylation sites (tertiary alicyclic amines) is 1. The van der Waals surface area contributed by atoms with E-state index in [1.807, 2.05) is 20.8 Å². The maximum atomic E-state index is 12.4. The first-order chi connectivity index (χ1) is 15.7. The second kappa shape index (κ2) is 10.2. The molecule has 34 heavy (non-hydrogen) atoms. The topological polar surface area (TPSA) is 45.2 Å². The summed E-state index contributed by atoms with van der Waals surface area (Å²) >= 11 is 3.74. The van der Waals surface area contributed by atoms with Crippen LogP contribution in [-0.2, 0) is 4.74 Å². The molecule has 192 valence electrons. The van der Waals surface area contributed by atoms with Crippen LogP contribution in [0.15, 0.2) is 24.3 Å². The third-order valence-electron chi connectivity index (χ3n) is 6.61. The van der Waals surface area contributed by atoms with E-state index >= 15 is 0 Å². The van der Waals surface area contributed by atoms with Crippen LogP contribution in [0.5, 0.6) is 5.75 Å². The minimum Gasteiger partial charge on any atom is -0.444 e. The summed E-state index contributed by atoms with van der Waals surface area (Å²) in [6.45, 7) is 14.0. The lowest BCUT2D eigenvalue weighted by atomic mass is 9.86. The molecule has 6 nitrogen and oxygen atoms in total. The molecule has 1 aromatic rings. The van der Waals surface area contributed by atoms with Gasteiger partial charge >= 0.3 is 12.5 Å². The zero-order valence-electron chi connectivity index (χ0n) is 20.5. The zero-order valence-corrected chi connectivity index (χ0v) is 22.1. The van der Waals surface area contributed by atoms with Gasteiger partial charge in [-0.05, 0) is 65.2 Å². The molecule has 1 unspecified atom stereocenters. The number of nitrogens with zero attached hydrogens (tertiary/aromatic N) is 3. The maximum absolute atomic E-state index is 12.4. The van der Waals surface area contributed by atoms with E-state index in [9.17, 15) is 18.0 Å². The number of alkyl halides is 4. The molecule has 2 heterocycles. The number of hydrogen-bond donors (Lipinski definition) is 0. The summed E-state index contributed by atoms with van der Waals surface area (Å²) in [5.74, 6) is -0.223. The summed E-state index contributed by atoms with van der Waals surface area (Å²) in [6, 6.07) is 6.25. The predicted octanol–water partition coefficient (Wildman–Crippen LogP) is 5.77. The van der Waals surface area contributed by atoms with Gasteiger partial charge in [0.2, 0.25) is 0 Å². The van der Waals surface area contributed by atoms with Gasteiger partial charge in [-0.25, -0.2) is 4.79 Å². The molecule has 0 saturated carbocycles. The van der Waals surface area contributed by atoms with Gasteiger partial charge in [-0.15, -0.1) is 13.2 Å². The lowest BCUT2D eigenvalue weighted by molar-refractivity contribution is -0.274. The van der Waals surface area contributed by atoms with Gasteiger partial charge in [0, 0.05) is 44.3 Å². The highest BCUT2D eigenvalue weighted by atomic mass is 79.9. The van der Waals surface area contributed by atoms with Crippen LogP contribution in [0, 0.1) is 0 Å². The fourth-order valence-corrected chi connectivity index (χ4v) is 5.55. The van der Waals surface area contributed by atoms with Crippen LogP contribution in [0.3, 0.4) is 0 Å². The molecule has 0 radical (unpaired) electrons. The first kappa shape index (κ1) is 27.1. The van der Waals surface area contributed by atoms with Crippen LogP contribution in [0.1, 0.15) is 58.0 Å². The van der Waals surface area contributed by atoms with Gasteiger partial charge < -0.3 is 14.4 Å². The van der Waals surface area contributed by atoms with Crippen molar-refractivity contribution in [3.05, 3.63) is 29.8 Å². The molecule has 2 aliphatic rings. The number of carbonyl (C=O) groups excluding carboxylic acids is 1. The van der Waals surface area contributed by atoms with Crippen molar-refractivity contribution in [2.24, 2.45) is 0 Å². The second-order valence-electron chi connectivity index (χ2n) is 10.4. The Hall–Kier alpha value is -1.52. The van der Waals surface area contributed by atoms with Crippen LogP contribution in [0.25, 0.3) is 0 Å². The van der Waals surface area contributed by atoms with E-state index in [2.05, 4.69) is 44.3 Å². The lowest BCUT2D eigenvalue weighted by Gasteiger charge is -2.52. The number of rotatable bonds is 4. The number of carbonyl (C=O) groups is 1. The van der Waals surface area contributed by atoms with Crippen molar-refractivity contribution in [1.29, 1.82) is 0 Å². The van der Waals surface area contributed by atoms with E-state index < -0.39 is 12.0 Å². The molecule has 2 fully saturated rings. The number of hydrogen-bond acceptors (Lipinski definition) is 5. The lowest BCUT2D eigenvalue weighted by Crippen LogP contribution is -2.62. The molecule has 0 aliphatic carbocycles.